The van der Waals surface area contributed by atoms with Crippen molar-refractivity contribution in [3.63, 3.8) is 0 Å². The van der Waals surface area contributed by atoms with E-state index in [9.17, 15) is 9.59 Å². The maximum absolute atomic E-state index is 12.3. The summed E-state index contributed by atoms with van der Waals surface area (Å²) < 4.78 is 5.19. The fraction of sp³-hybridized carbons (Fsp3) is 0.158. The molecule has 3 rings (SSSR count). The van der Waals surface area contributed by atoms with E-state index >= 15 is 0 Å². The van der Waals surface area contributed by atoms with Crippen molar-refractivity contribution >= 4 is 22.6 Å². The highest BCUT2D eigenvalue weighted by atomic mass is 16.4. The monoisotopic (exact) mass is 322 g/mol. The Balaban J connectivity index is 1.75. The lowest BCUT2D eigenvalue weighted by atomic mass is 10.1. The van der Waals surface area contributed by atoms with Gasteiger partial charge in [0.05, 0.1) is 0 Å². The molecule has 2 aromatic carbocycles. The Morgan fingerprint density at radius 2 is 1.79 bits per heavy atom. The topological polar surface area (TPSA) is 62.6 Å². The van der Waals surface area contributed by atoms with E-state index in [0.29, 0.717) is 12.1 Å². The fourth-order valence-electron chi connectivity index (χ4n) is 2.41. The average molecular weight is 322 g/mol. The fourth-order valence-corrected chi connectivity index (χ4v) is 2.41. The first-order valence-corrected chi connectivity index (χ1v) is 7.62. The van der Waals surface area contributed by atoms with E-state index < -0.39 is 11.5 Å². The van der Waals surface area contributed by atoms with Crippen molar-refractivity contribution < 1.29 is 9.21 Å². The van der Waals surface area contributed by atoms with Crippen molar-refractivity contribution in [2.45, 2.75) is 6.54 Å². The number of fused-ring (bicyclic) bond motifs is 1. The molecule has 5 heteroatoms. The van der Waals surface area contributed by atoms with Crippen LogP contribution in [0.4, 0.5) is 5.69 Å². The number of amides is 1. The molecule has 122 valence electrons. The second-order valence-corrected chi connectivity index (χ2v) is 5.73. The number of benzene rings is 2. The van der Waals surface area contributed by atoms with Gasteiger partial charge in [0, 0.05) is 31.7 Å². The van der Waals surface area contributed by atoms with Crippen molar-refractivity contribution in [3.8, 4) is 0 Å². The average Bonchev–Trinajstić information content (AvgIpc) is 2.59. The lowest BCUT2D eigenvalue weighted by Crippen LogP contribution is -2.27. The molecule has 24 heavy (non-hydrogen) atoms. The molecule has 5 nitrogen and oxygen atoms in total. The molecule has 1 amide bonds. The van der Waals surface area contributed by atoms with Gasteiger partial charge in [0.25, 0.3) is 5.91 Å². The Morgan fingerprint density at radius 3 is 2.50 bits per heavy atom. The summed E-state index contributed by atoms with van der Waals surface area (Å²) in [6.45, 7) is 0.346. The zero-order chi connectivity index (χ0) is 17.1. The second kappa shape index (κ2) is 6.58. The summed E-state index contributed by atoms with van der Waals surface area (Å²) in [4.78, 5) is 26.3. The molecule has 0 bridgehead atoms. The van der Waals surface area contributed by atoms with Crippen LogP contribution < -0.4 is 15.8 Å². The lowest BCUT2D eigenvalue weighted by molar-refractivity contribution is 0.0947. The lowest BCUT2D eigenvalue weighted by Gasteiger charge is -2.12. The Kier molecular flexibility index (Phi) is 4.33. The number of nitrogens with one attached hydrogen (secondary N) is 1. The quantitative estimate of drug-likeness (QED) is 0.750. The van der Waals surface area contributed by atoms with Crippen molar-refractivity contribution in [1.82, 2.24) is 5.32 Å². The third kappa shape index (κ3) is 3.30. The van der Waals surface area contributed by atoms with E-state index in [0.717, 1.165) is 16.6 Å². The van der Waals surface area contributed by atoms with Crippen LogP contribution in [0.3, 0.4) is 0 Å². The van der Waals surface area contributed by atoms with Crippen molar-refractivity contribution in [2.75, 3.05) is 19.0 Å². The van der Waals surface area contributed by atoms with Crippen molar-refractivity contribution in [3.05, 3.63) is 76.1 Å². The van der Waals surface area contributed by atoms with Gasteiger partial charge >= 0.3 is 5.63 Å². The molecule has 0 fully saturated rings. The maximum atomic E-state index is 12.3. The van der Waals surface area contributed by atoms with Crippen molar-refractivity contribution in [2.24, 2.45) is 0 Å². The molecule has 1 N–H and O–H groups in total. The standard InChI is InChI=1S/C19H18N2O3/c1-21(2)15-9-7-13(8-10-15)12-20-18(22)16-11-14-5-3-4-6-17(14)24-19(16)23/h3-11H,12H2,1-2H3,(H,20,22). The van der Waals surface area contributed by atoms with Gasteiger partial charge in [0.1, 0.15) is 11.1 Å². The molecule has 3 aromatic rings. The molecule has 0 radical (unpaired) electrons. The van der Waals surface area contributed by atoms with Crippen LogP contribution in [-0.2, 0) is 6.54 Å². The molecule has 0 atom stereocenters. The van der Waals surface area contributed by atoms with E-state index in [1.165, 1.54) is 0 Å². The molecule has 1 aromatic heterocycles. The molecule has 0 unspecified atom stereocenters. The van der Waals surface area contributed by atoms with Crippen molar-refractivity contribution in [1.29, 1.82) is 0 Å². The largest absolute Gasteiger partial charge is 0.422 e. The number of carbonyl (C=O) groups is 1. The van der Waals surface area contributed by atoms with Crippen LogP contribution in [0.1, 0.15) is 15.9 Å². The number of carbonyl (C=O) groups excluding carboxylic acids is 1. The SMILES string of the molecule is CN(C)c1ccc(CNC(=O)c2cc3ccccc3oc2=O)cc1. The Morgan fingerprint density at radius 1 is 1.08 bits per heavy atom. The normalized spacial score (nSPS) is 10.6. The maximum Gasteiger partial charge on any atom is 0.349 e. The number of rotatable bonds is 4. The number of hydrogen-bond acceptors (Lipinski definition) is 4. The number of hydrogen-bond donors (Lipinski definition) is 1. The minimum atomic E-state index is -0.630. The number of anilines is 1. The summed E-state index contributed by atoms with van der Waals surface area (Å²) in [6.07, 6.45) is 0. The third-order valence-electron chi connectivity index (χ3n) is 3.79. The Bertz CT molecular complexity index is 927. The Hall–Kier alpha value is -3.08. The first-order chi connectivity index (χ1) is 11.5. The third-order valence-corrected chi connectivity index (χ3v) is 3.79. The van der Waals surface area contributed by atoms with Gasteiger partial charge in [0.15, 0.2) is 0 Å². The molecule has 0 aliphatic carbocycles. The summed E-state index contributed by atoms with van der Waals surface area (Å²) in [6, 6.07) is 16.5. The first-order valence-electron chi connectivity index (χ1n) is 7.62. The minimum absolute atomic E-state index is 0.0126. The highest BCUT2D eigenvalue weighted by Crippen LogP contribution is 2.14. The molecule has 0 spiro atoms. The van der Waals surface area contributed by atoms with E-state index in [1.54, 1.807) is 24.3 Å². The predicted molar refractivity (Wildman–Crippen MR) is 94.4 cm³/mol. The first kappa shape index (κ1) is 15.8. The molecule has 1 heterocycles. The zero-order valence-corrected chi connectivity index (χ0v) is 13.6. The van der Waals surface area contributed by atoms with Gasteiger partial charge in [-0.05, 0) is 29.8 Å². The molecule has 0 saturated carbocycles. The van der Waals surface area contributed by atoms with Gasteiger partial charge in [-0.2, -0.15) is 0 Å². The summed E-state index contributed by atoms with van der Waals surface area (Å²) in [5.74, 6) is -0.439. The van der Waals surface area contributed by atoms with E-state index in [2.05, 4.69) is 5.32 Å². The highest BCUT2D eigenvalue weighted by Gasteiger charge is 2.13. The van der Waals surface area contributed by atoms with E-state index in [1.807, 2.05) is 49.3 Å². The summed E-state index contributed by atoms with van der Waals surface area (Å²) >= 11 is 0. The number of nitrogens with zero attached hydrogens (tertiary/aromatic N) is 1. The van der Waals surface area contributed by atoms with Crippen LogP contribution in [-0.4, -0.2) is 20.0 Å². The molecule has 0 aliphatic heterocycles. The predicted octanol–water partition coefficient (Wildman–Crippen LogP) is 2.79. The van der Waals surface area contributed by atoms with Gasteiger partial charge in [0.2, 0.25) is 0 Å². The van der Waals surface area contributed by atoms with Gasteiger partial charge in [-0.25, -0.2) is 4.79 Å². The molecular formula is C19H18N2O3. The minimum Gasteiger partial charge on any atom is -0.422 e. The molecule has 0 aliphatic rings. The van der Waals surface area contributed by atoms with E-state index in [-0.39, 0.29) is 5.56 Å². The van der Waals surface area contributed by atoms with Gasteiger partial charge in [-0.1, -0.05) is 30.3 Å². The van der Waals surface area contributed by atoms with Gasteiger partial charge < -0.3 is 14.6 Å². The summed E-state index contributed by atoms with van der Waals surface area (Å²) in [5, 5.41) is 3.48. The van der Waals surface area contributed by atoms with Crippen LogP contribution in [0.15, 0.2) is 63.8 Å². The van der Waals surface area contributed by atoms with Crippen LogP contribution in [0.2, 0.25) is 0 Å². The highest BCUT2D eigenvalue weighted by molar-refractivity contribution is 5.96. The summed E-state index contributed by atoms with van der Waals surface area (Å²) in [7, 11) is 3.94. The van der Waals surface area contributed by atoms with Crippen LogP contribution in [0.25, 0.3) is 11.0 Å². The second-order valence-electron chi connectivity index (χ2n) is 5.73. The van der Waals surface area contributed by atoms with Crippen LogP contribution in [0.5, 0.6) is 0 Å². The summed E-state index contributed by atoms with van der Waals surface area (Å²) in [5.41, 5.74) is 1.89. The zero-order valence-electron chi connectivity index (χ0n) is 13.6. The van der Waals surface area contributed by atoms with Crippen LogP contribution in [0, 0.1) is 0 Å². The van der Waals surface area contributed by atoms with Gasteiger partial charge in [-0.15, -0.1) is 0 Å². The molecular weight excluding hydrogens is 304 g/mol. The van der Waals surface area contributed by atoms with E-state index in [4.69, 9.17) is 4.42 Å². The Labute approximate surface area is 139 Å². The number of para-hydroxylation sites is 1. The molecule has 0 saturated heterocycles. The van der Waals surface area contributed by atoms with Crippen LogP contribution >= 0.6 is 0 Å². The van der Waals surface area contributed by atoms with Gasteiger partial charge in [-0.3, -0.25) is 4.79 Å². The smallest absolute Gasteiger partial charge is 0.349 e.